The van der Waals surface area contributed by atoms with Crippen molar-refractivity contribution in [3.63, 3.8) is 0 Å². The minimum Gasteiger partial charge on any atom is -0.289 e. The first-order valence-corrected chi connectivity index (χ1v) is 35.9. The lowest BCUT2D eigenvalue weighted by molar-refractivity contribution is 0.103. The van der Waals surface area contributed by atoms with Gasteiger partial charge in [-0.25, -0.2) is 0 Å². The van der Waals surface area contributed by atoms with Crippen molar-refractivity contribution in [2.24, 2.45) is 0 Å². The summed E-state index contributed by atoms with van der Waals surface area (Å²) in [5.74, 6) is -0.388. The summed E-state index contributed by atoms with van der Waals surface area (Å²) in [4.78, 5) is 33.2. The summed E-state index contributed by atoms with van der Waals surface area (Å²) in [5, 5.41) is 42.3. The van der Waals surface area contributed by atoms with Gasteiger partial charge in [-0.2, -0.15) is 21.0 Å². The number of hydrogen-bond acceptors (Lipinski definition) is 10. The summed E-state index contributed by atoms with van der Waals surface area (Å²) in [6, 6.07) is 82.7. The summed E-state index contributed by atoms with van der Waals surface area (Å²) in [7, 11) is 0. The average molecular weight is 1330 g/mol. The zero-order valence-corrected chi connectivity index (χ0v) is 57.2. The van der Waals surface area contributed by atoms with E-state index >= 15 is 0 Å². The molecule has 0 saturated carbocycles. The molecule has 464 valence electrons. The lowest BCUT2D eigenvalue weighted by atomic mass is 9.65. The molecule has 0 fully saturated rings. The fourth-order valence-corrected chi connectivity index (χ4v) is 19.8. The van der Waals surface area contributed by atoms with Crippen LogP contribution in [-0.2, 0) is 17.3 Å². The molecule has 0 N–H and O–H groups in total. The number of nitriles is 4. The number of fused-ring (bicyclic) bond motifs is 12. The topological polar surface area (TPSA) is 129 Å². The highest BCUT2D eigenvalue weighted by molar-refractivity contribution is 8.07. The average Bonchev–Trinajstić information content (AvgIpc) is 1.50. The molecule has 10 heteroatoms. The van der Waals surface area contributed by atoms with E-state index in [2.05, 4.69) is 198 Å². The molecule has 0 amide bonds. The molecule has 0 bridgehead atoms. The van der Waals surface area contributed by atoms with E-state index in [-0.39, 0.29) is 22.7 Å². The van der Waals surface area contributed by atoms with Gasteiger partial charge in [0.1, 0.15) is 35.4 Å². The molecule has 4 aliphatic rings. The molecule has 0 saturated heterocycles. The Labute approximate surface area is 585 Å². The number of thiophene rings is 3. The van der Waals surface area contributed by atoms with Crippen molar-refractivity contribution in [3.05, 3.63) is 358 Å². The van der Waals surface area contributed by atoms with Crippen molar-refractivity contribution in [1.29, 1.82) is 21.0 Å². The molecule has 6 nitrogen and oxygen atoms in total. The van der Waals surface area contributed by atoms with E-state index in [1.807, 2.05) is 78.1 Å². The standard InChI is InChI=1S/C88H56N4O2S4/c1-50-18-28-58(29-19-50)87(59-30-20-51(2)21-31-59)73-45-72-66-39-27-55-43-78(76-41-37-62(96-76)36-40-70-80(57(48-91)49-92)64-13-7-9-15-68(64)84(70)94)98-86(55)82(66)88(60-32-22-52(3)23-33-60,61-34-24-53(4)25-35-61)74(72)44-71(73)65-38-26-54-42-77(97-85(54)81(65)87)75(95-5)17-11-10-16-69-79(56(46-89)47-90)63-12-6-8-14-67(63)83(69)93/h6-35,37-45H,36H2,1-5H3/b11-10+,69-16-,70-40-,75-17-. The van der Waals surface area contributed by atoms with Crippen LogP contribution in [0.4, 0.5) is 0 Å². The van der Waals surface area contributed by atoms with Crippen LogP contribution in [0.3, 0.4) is 0 Å². The molecule has 0 spiro atoms. The molecular weight excluding hydrogens is 1270 g/mol. The van der Waals surface area contributed by atoms with Crippen molar-refractivity contribution in [3.8, 4) is 56.3 Å². The number of aryl methyl sites for hydroxylation is 4. The number of allylic oxidation sites excluding steroid dienone is 11. The third kappa shape index (κ3) is 9.36. The summed E-state index contributed by atoms with van der Waals surface area (Å²) in [6.45, 7) is 8.63. The molecule has 12 aromatic rings. The third-order valence-corrected chi connectivity index (χ3v) is 24.6. The van der Waals surface area contributed by atoms with Crippen molar-refractivity contribution >= 4 is 93.6 Å². The summed E-state index contributed by atoms with van der Waals surface area (Å²) in [5.41, 5.74) is 21.1. The van der Waals surface area contributed by atoms with E-state index in [4.69, 9.17) is 0 Å². The van der Waals surface area contributed by atoms with E-state index in [0.717, 1.165) is 35.2 Å². The Bertz CT molecular complexity index is 5740. The molecular formula is C88H56N4O2S4. The van der Waals surface area contributed by atoms with Gasteiger partial charge in [-0.3, -0.25) is 9.59 Å². The molecule has 0 atom stereocenters. The van der Waals surface area contributed by atoms with Gasteiger partial charge in [0.2, 0.25) is 0 Å². The monoisotopic (exact) mass is 1330 g/mol. The van der Waals surface area contributed by atoms with Gasteiger partial charge in [0, 0.05) is 73.7 Å². The largest absolute Gasteiger partial charge is 0.289 e. The minimum atomic E-state index is -0.785. The third-order valence-electron chi connectivity index (χ3n) is 20.0. The van der Waals surface area contributed by atoms with Crippen LogP contribution < -0.4 is 0 Å². The fourth-order valence-electron chi connectivity index (χ4n) is 15.5. The second-order valence-electron chi connectivity index (χ2n) is 25.4. The van der Waals surface area contributed by atoms with Crippen molar-refractivity contribution in [2.75, 3.05) is 6.26 Å². The van der Waals surface area contributed by atoms with Gasteiger partial charge >= 0.3 is 0 Å². The van der Waals surface area contributed by atoms with Gasteiger partial charge < -0.3 is 0 Å². The number of benzene rings is 9. The van der Waals surface area contributed by atoms with Crippen LogP contribution in [-0.4, -0.2) is 17.8 Å². The van der Waals surface area contributed by atoms with Crippen LogP contribution in [0, 0.1) is 73.0 Å². The predicted octanol–water partition coefficient (Wildman–Crippen LogP) is 21.9. The molecule has 0 aliphatic heterocycles. The molecule has 0 unspecified atom stereocenters. The van der Waals surface area contributed by atoms with Gasteiger partial charge in [-0.1, -0.05) is 216 Å². The smallest absolute Gasteiger partial charge is 0.194 e. The molecule has 3 heterocycles. The normalized spacial score (nSPS) is 15.3. The van der Waals surface area contributed by atoms with E-state index in [1.54, 1.807) is 64.8 Å². The van der Waals surface area contributed by atoms with E-state index in [9.17, 15) is 30.6 Å². The molecule has 3 aromatic heterocycles. The van der Waals surface area contributed by atoms with Crippen LogP contribution >= 0.6 is 45.8 Å². The number of ketones is 2. The second-order valence-corrected chi connectivity index (χ2v) is 29.5. The maximum Gasteiger partial charge on any atom is 0.194 e. The SMILES string of the molecule is CS\C(=C/C=C/C=C1\C(=O)c2ccccc2C1=C(C#N)C#N)c1cc2ccc3c(c2s1)C(c1ccc(C)cc1)(c1ccc(C)cc1)c1cc2c(cc1-3)C(c1ccc(C)cc1)(c1ccc(C)cc1)c1c-2ccc2cc(-c3ccc(C/C=C4\C(=O)c5ccccc5C4=C(C#N)C#N)s3)sc12. The lowest BCUT2D eigenvalue weighted by Gasteiger charge is -2.36. The molecule has 4 aliphatic carbocycles. The van der Waals surface area contributed by atoms with Gasteiger partial charge in [-0.15, -0.1) is 45.8 Å². The van der Waals surface area contributed by atoms with Crippen LogP contribution in [0.15, 0.2) is 259 Å². The predicted molar refractivity (Wildman–Crippen MR) is 402 cm³/mol. The number of nitrogens with zero attached hydrogens (tertiary/aromatic N) is 4. The van der Waals surface area contributed by atoms with Gasteiger partial charge in [0.05, 0.1) is 10.8 Å². The number of carbonyl (C=O) groups is 2. The van der Waals surface area contributed by atoms with E-state index < -0.39 is 10.8 Å². The maximum absolute atomic E-state index is 13.9. The summed E-state index contributed by atoms with van der Waals surface area (Å²) in [6.07, 6.45) is 12.0. The highest BCUT2D eigenvalue weighted by atomic mass is 32.2. The Morgan fingerprint density at radius 2 is 0.878 bits per heavy atom. The fraction of sp³-hybridized carbons (Fsp3) is 0.0909. The van der Waals surface area contributed by atoms with Crippen LogP contribution in [0.5, 0.6) is 0 Å². The zero-order valence-electron chi connectivity index (χ0n) is 54.0. The first-order valence-electron chi connectivity index (χ1n) is 32.2. The highest BCUT2D eigenvalue weighted by Gasteiger charge is 2.53. The van der Waals surface area contributed by atoms with Crippen LogP contribution in [0.1, 0.15) is 108 Å². The van der Waals surface area contributed by atoms with Gasteiger partial charge in [0.25, 0.3) is 0 Å². The quantitative estimate of drug-likeness (QED) is 0.0716. The van der Waals surface area contributed by atoms with Crippen LogP contribution in [0.2, 0.25) is 0 Å². The van der Waals surface area contributed by atoms with Crippen molar-refractivity contribution in [1.82, 2.24) is 0 Å². The van der Waals surface area contributed by atoms with Crippen molar-refractivity contribution < 1.29 is 9.59 Å². The second kappa shape index (κ2) is 24.1. The van der Waals surface area contributed by atoms with Crippen molar-refractivity contribution in [2.45, 2.75) is 44.9 Å². The summed E-state index contributed by atoms with van der Waals surface area (Å²) < 4.78 is 2.41. The number of rotatable bonds is 11. The number of Topliss-reactive ketones (excluding diaryl/α,β-unsaturated/α-hetero) is 2. The Balaban J connectivity index is 0.889. The van der Waals surface area contributed by atoms with Crippen LogP contribution in [0.25, 0.3) is 68.2 Å². The molecule has 9 aromatic carbocycles. The Hall–Kier alpha value is -11.3. The van der Waals surface area contributed by atoms with Gasteiger partial charge in [-0.05, 0) is 165 Å². The number of hydrogen-bond donors (Lipinski definition) is 0. The molecule has 16 rings (SSSR count). The molecule has 98 heavy (non-hydrogen) atoms. The molecule has 0 radical (unpaired) electrons. The Morgan fingerprint density at radius 3 is 1.35 bits per heavy atom. The Morgan fingerprint density at radius 1 is 0.439 bits per heavy atom. The summed E-state index contributed by atoms with van der Waals surface area (Å²) >= 11 is 7.00. The number of carbonyl (C=O) groups excluding carboxylic acids is 2. The lowest BCUT2D eigenvalue weighted by Crippen LogP contribution is -2.30. The minimum absolute atomic E-state index is 0.0675. The zero-order chi connectivity index (χ0) is 67.3. The highest BCUT2D eigenvalue weighted by Crippen LogP contribution is 2.66. The number of thioether (sulfide) groups is 1. The Kier molecular flexibility index (Phi) is 15.1. The first kappa shape index (κ1) is 61.6. The van der Waals surface area contributed by atoms with E-state index in [1.165, 1.54) is 98.4 Å². The van der Waals surface area contributed by atoms with Gasteiger partial charge in [0.15, 0.2) is 11.6 Å². The maximum atomic E-state index is 13.9. The van der Waals surface area contributed by atoms with E-state index in [0.29, 0.717) is 51.0 Å². The first-order chi connectivity index (χ1) is 47.8.